The third-order valence-corrected chi connectivity index (χ3v) is 5.48. The summed E-state index contributed by atoms with van der Waals surface area (Å²) in [6.45, 7) is 6.80. The van der Waals surface area contributed by atoms with Crippen LogP contribution >= 0.6 is 11.8 Å². The van der Waals surface area contributed by atoms with Gasteiger partial charge in [-0.05, 0) is 43.8 Å². The summed E-state index contributed by atoms with van der Waals surface area (Å²) in [6, 6.07) is 15.7. The molecule has 0 saturated carbocycles. The molecule has 1 heterocycles. The number of thioether (sulfide) groups is 1. The van der Waals surface area contributed by atoms with Crippen LogP contribution in [0.2, 0.25) is 0 Å². The average Bonchev–Trinajstić information content (AvgIpc) is 2.74. The summed E-state index contributed by atoms with van der Waals surface area (Å²) < 4.78 is 5.53. The zero-order valence-electron chi connectivity index (χ0n) is 18.2. The monoisotopic (exact) mass is 433 g/mol. The molecule has 0 bridgehead atoms. The van der Waals surface area contributed by atoms with Crippen molar-refractivity contribution < 1.29 is 4.74 Å². The number of benzene rings is 2. The van der Waals surface area contributed by atoms with E-state index in [1.807, 2.05) is 37.4 Å². The second-order valence-corrected chi connectivity index (χ2v) is 9.02. The van der Waals surface area contributed by atoms with Crippen LogP contribution in [-0.2, 0) is 11.3 Å². The van der Waals surface area contributed by atoms with Gasteiger partial charge in [0, 0.05) is 27.8 Å². The molecule has 0 atom stereocenters. The van der Waals surface area contributed by atoms with Crippen molar-refractivity contribution in [2.45, 2.75) is 37.5 Å². The van der Waals surface area contributed by atoms with E-state index >= 15 is 0 Å². The number of rotatable bonds is 7. The molecule has 0 aliphatic carbocycles. The third kappa shape index (κ3) is 5.99. The zero-order valence-corrected chi connectivity index (χ0v) is 19.0. The molecule has 31 heavy (non-hydrogen) atoms. The van der Waals surface area contributed by atoms with Crippen LogP contribution in [0.15, 0.2) is 59.6 Å². The standard InChI is InChI=1S/C24H27N5OS/c1-15(2)31-20-10-8-18(9-11-20)21-14-28-16(3)22(29-21)24(26)30-23(25)19-7-5-6-17(12-19)13-27-4/h5-12,14-15,25-27H,13H2,1-4H3. The number of nitrogens with zero attached hydrogens (tertiary/aromatic N) is 2. The summed E-state index contributed by atoms with van der Waals surface area (Å²) in [6.07, 6.45) is 1.70. The van der Waals surface area contributed by atoms with Crippen molar-refractivity contribution in [2.24, 2.45) is 0 Å². The number of ether oxygens (including phenoxy) is 1. The maximum atomic E-state index is 8.37. The van der Waals surface area contributed by atoms with Crippen molar-refractivity contribution in [1.29, 1.82) is 10.8 Å². The van der Waals surface area contributed by atoms with Crippen LogP contribution in [0.25, 0.3) is 11.3 Å². The molecule has 0 spiro atoms. The van der Waals surface area contributed by atoms with Gasteiger partial charge in [-0.15, -0.1) is 11.8 Å². The molecule has 3 aromatic rings. The summed E-state index contributed by atoms with van der Waals surface area (Å²) >= 11 is 1.80. The van der Waals surface area contributed by atoms with Gasteiger partial charge in [0.25, 0.3) is 0 Å². The lowest BCUT2D eigenvalue weighted by Gasteiger charge is -2.12. The van der Waals surface area contributed by atoms with E-state index in [2.05, 4.69) is 41.3 Å². The van der Waals surface area contributed by atoms with Gasteiger partial charge in [-0.2, -0.15) is 0 Å². The van der Waals surface area contributed by atoms with E-state index in [4.69, 9.17) is 15.6 Å². The second-order valence-electron chi connectivity index (χ2n) is 7.37. The molecule has 0 aliphatic rings. The Labute approximate surface area is 187 Å². The molecule has 160 valence electrons. The first-order chi connectivity index (χ1) is 14.9. The Bertz CT molecular complexity index is 1080. The minimum Gasteiger partial charge on any atom is -0.419 e. The molecule has 2 aromatic carbocycles. The Morgan fingerprint density at radius 3 is 2.52 bits per heavy atom. The van der Waals surface area contributed by atoms with E-state index in [0.717, 1.165) is 11.1 Å². The highest BCUT2D eigenvalue weighted by atomic mass is 32.2. The van der Waals surface area contributed by atoms with Gasteiger partial charge in [0.2, 0.25) is 11.8 Å². The van der Waals surface area contributed by atoms with E-state index in [9.17, 15) is 0 Å². The Morgan fingerprint density at radius 1 is 1.10 bits per heavy atom. The highest BCUT2D eigenvalue weighted by Crippen LogP contribution is 2.26. The average molecular weight is 434 g/mol. The molecule has 1 aromatic heterocycles. The van der Waals surface area contributed by atoms with Crippen molar-refractivity contribution in [1.82, 2.24) is 15.3 Å². The first kappa shape index (κ1) is 22.7. The predicted octanol–water partition coefficient (Wildman–Crippen LogP) is 5.04. The van der Waals surface area contributed by atoms with E-state index < -0.39 is 0 Å². The number of hydrogen-bond donors (Lipinski definition) is 3. The van der Waals surface area contributed by atoms with Gasteiger partial charge < -0.3 is 10.1 Å². The molecule has 3 N–H and O–H groups in total. The number of nitrogens with one attached hydrogen (secondary N) is 3. The van der Waals surface area contributed by atoms with E-state index in [-0.39, 0.29) is 11.8 Å². The first-order valence-electron chi connectivity index (χ1n) is 10.1. The van der Waals surface area contributed by atoms with E-state index in [0.29, 0.717) is 34.4 Å². The van der Waals surface area contributed by atoms with Gasteiger partial charge >= 0.3 is 0 Å². The number of aromatic nitrogens is 2. The smallest absolute Gasteiger partial charge is 0.241 e. The Balaban J connectivity index is 1.78. The molecule has 0 saturated heterocycles. The fourth-order valence-corrected chi connectivity index (χ4v) is 3.85. The Kier molecular flexibility index (Phi) is 7.55. The van der Waals surface area contributed by atoms with Crippen LogP contribution < -0.4 is 5.32 Å². The van der Waals surface area contributed by atoms with Crippen LogP contribution in [0.3, 0.4) is 0 Å². The maximum Gasteiger partial charge on any atom is 0.241 e. The van der Waals surface area contributed by atoms with Crippen molar-refractivity contribution in [3.05, 3.63) is 77.2 Å². The van der Waals surface area contributed by atoms with Gasteiger partial charge in [0.05, 0.1) is 17.6 Å². The fourth-order valence-electron chi connectivity index (χ4n) is 3.02. The number of aryl methyl sites for hydroxylation is 1. The van der Waals surface area contributed by atoms with Gasteiger partial charge in [-0.3, -0.25) is 15.8 Å². The number of hydrogen-bond acceptors (Lipinski definition) is 7. The summed E-state index contributed by atoms with van der Waals surface area (Å²) in [5.41, 5.74) is 4.14. The third-order valence-electron chi connectivity index (χ3n) is 4.47. The van der Waals surface area contributed by atoms with Gasteiger partial charge in [0.15, 0.2) is 0 Å². The summed E-state index contributed by atoms with van der Waals surface area (Å²) in [7, 11) is 1.87. The summed E-state index contributed by atoms with van der Waals surface area (Å²) in [5, 5.41) is 20.2. The zero-order chi connectivity index (χ0) is 22.4. The maximum absolute atomic E-state index is 8.37. The van der Waals surface area contributed by atoms with Crippen molar-refractivity contribution in [3.8, 4) is 11.3 Å². The molecule has 6 nitrogen and oxygen atoms in total. The summed E-state index contributed by atoms with van der Waals surface area (Å²) in [4.78, 5) is 10.2. The predicted molar refractivity (Wildman–Crippen MR) is 127 cm³/mol. The van der Waals surface area contributed by atoms with Crippen molar-refractivity contribution in [3.63, 3.8) is 0 Å². The second kappa shape index (κ2) is 10.3. The lowest BCUT2D eigenvalue weighted by atomic mass is 10.1. The Morgan fingerprint density at radius 2 is 1.84 bits per heavy atom. The quantitative estimate of drug-likeness (QED) is 0.276. The fraction of sp³-hybridized carbons (Fsp3) is 0.250. The van der Waals surface area contributed by atoms with Gasteiger partial charge in [-0.1, -0.05) is 38.1 Å². The normalized spacial score (nSPS) is 10.9. The Hall–Kier alpha value is -3.03. The van der Waals surface area contributed by atoms with Crippen LogP contribution in [0, 0.1) is 17.7 Å². The molecule has 0 aliphatic heterocycles. The molecular weight excluding hydrogens is 406 g/mol. The highest BCUT2D eigenvalue weighted by Gasteiger charge is 2.15. The van der Waals surface area contributed by atoms with E-state index in [1.54, 1.807) is 30.9 Å². The lowest BCUT2D eigenvalue weighted by molar-refractivity contribution is 0.534. The van der Waals surface area contributed by atoms with Crippen LogP contribution in [0.4, 0.5) is 0 Å². The molecule has 3 rings (SSSR count). The SMILES string of the molecule is CNCc1cccc(C(=N)OC(=N)c2nc(-c3ccc(SC(C)C)cc3)cnc2C)c1. The molecular formula is C24H27N5OS. The minimum absolute atomic E-state index is 0.0929. The highest BCUT2D eigenvalue weighted by molar-refractivity contribution is 7.99. The van der Waals surface area contributed by atoms with E-state index in [1.165, 1.54) is 4.90 Å². The van der Waals surface area contributed by atoms with Crippen molar-refractivity contribution in [2.75, 3.05) is 7.05 Å². The van der Waals surface area contributed by atoms with Gasteiger partial charge in [-0.25, -0.2) is 4.98 Å². The largest absolute Gasteiger partial charge is 0.419 e. The summed E-state index contributed by atoms with van der Waals surface area (Å²) in [5.74, 6) is -0.285. The molecule has 0 radical (unpaired) electrons. The lowest BCUT2D eigenvalue weighted by Crippen LogP contribution is -2.17. The molecule has 0 fully saturated rings. The van der Waals surface area contributed by atoms with Crippen molar-refractivity contribution >= 4 is 23.6 Å². The van der Waals surface area contributed by atoms with Crippen LogP contribution in [0.5, 0.6) is 0 Å². The van der Waals surface area contributed by atoms with Crippen LogP contribution in [0.1, 0.15) is 36.4 Å². The van der Waals surface area contributed by atoms with Gasteiger partial charge in [0.1, 0.15) is 5.69 Å². The molecule has 0 amide bonds. The first-order valence-corrected chi connectivity index (χ1v) is 10.9. The topological polar surface area (TPSA) is 94.7 Å². The minimum atomic E-state index is -0.192. The molecule has 7 heteroatoms. The molecule has 0 unspecified atom stereocenters. The van der Waals surface area contributed by atoms with Crippen LogP contribution in [-0.4, -0.2) is 34.1 Å².